The Labute approximate surface area is 376 Å². The second-order valence-corrected chi connectivity index (χ2v) is 23.0. The zero-order valence-corrected chi connectivity index (χ0v) is 39.0. The Bertz CT molecular complexity index is 2480. The highest BCUT2D eigenvalue weighted by molar-refractivity contribution is 7.91. The predicted molar refractivity (Wildman–Crippen MR) is 254 cm³/mol. The molecular formula is C46H59ClN9O5PS. The van der Waals surface area contributed by atoms with Gasteiger partial charge >= 0.3 is 0 Å². The molecule has 0 bridgehead atoms. The van der Waals surface area contributed by atoms with E-state index in [1.165, 1.54) is 6.20 Å². The number of piperazine rings is 1. The highest BCUT2D eigenvalue weighted by Gasteiger charge is 2.35. The first-order valence-corrected chi connectivity index (χ1v) is 26.7. The fourth-order valence-electron chi connectivity index (χ4n) is 9.54. The van der Waals surface area contributed by atoms with Gasteiger partial charge in [-0.25, -0.2) is 18.2 Å². The summed E-state index contributed by atoms with van der Waals surface area (Å²) in [7, 11) is -4.40. The summed E-state index contributed by atoms with van der Waals surface area (Å²) in [6, 6.07) is 19.6. The highest BCUT2D eigenvalue weighted by Crippen LogP contribution is 2.40. The molecule has 0 spiro atoms. The number of benzene rings is 3. The molecule has 3 saturated heterocycles. The molecule has 8 rings (SSSR count). The SMILES string of the molecule is COc1cc(N2CCC(N3CCN(CCCCS(=O)(=O)c4cccc5c4CN(C4CCCNC4)C5=C=O)CC3)CC2)ccc1Nc1ncc(Cl)c(Nc2ccccc2P(C)(C)=O)n1. The van der Waals surface area contributed by atoms with Crippen LogP contribution in [0.4, 0.5) is 28.8 Å². The molecular weight excluding hydrogens is 857 g/mol. The van der Waals surface area contributed by atoms with Crippen molar-refractivity contribution in [2.75, 3.05) is 101 Å². The molecule has 4 aliphatic rings. The number of hydrogen-bond acceptors (Lipinski definition) is 14. The molecule has 4 aliphatic heterocycles. The Balaban J connectivity index is 0.786. The molecule has 1 atom stereocenters. The molecule has 0 amide bonds. The molecule has 3 fully saturated rings. The summed E-state index contributed by atoms with van der Waals surface area (Å²) in [5.74, 6) is 3.65. The van der Waals surface area contributed by atoms with Crippen LogP contribution in [0.2, 0.25) is 5.02 Å². The van der Waals surface area contributed by atoms with Crippen molar-refractivity contribution in [3.05, 3.63) is 83.0 Å². The maximum atomic E-state index is 13.7. The predicted octanol–water partition coefficient (Wildman–Crippen LogP) is 6.45. The van der Waals surface area contributed by atoms with Crippen molar-refractivity contribution in [3.63, 3.8) is 0 Å². The minimum atomic E-state index is -3.50. The number of methoxy groups -OCH3 is 1. The van der Waals surface area contributed by atoms with Crippen LogP contribution in [0.5, 0.6) is 5.75 Å². The second kappa shape index (κ2) is 19.7. The fourth-order valence-corrected chi connectivity index (χ4v) is 12.5. The molecule has 4 aromatic rings. The number of rotatable bonds is 15. The first-order chi connectivity index (χ1) is 30.4. The quantitative estimate of drug-likeness (QED) is 0.0680. The van der Waals surface area contributed by atoms with Gasteiger partial charge in [0.25, 0.3) is 0 Å². The van der Waals surface area contributed by atoms with Crippen LogP contribution in [0.1, 0.15) is 49.7 Å². The van der Waals surface area contributed by atoms with E-state index in [-0.39, 0.29) is 11.8 Å². The van der Waals surface area contributed by atoms with Gasteiger partial charge < -0.3 is 40.0 Å². The number of piperidine rings is 2. The Morgan fingerprint density at radius 1 is 0.937 bits per heavy atom. The number of unbranched alkanes of at least 4 members (excludes halogenated alkanes) is 1. The fraction of sp³-hybridized carbons (Fsp3) is 0.478. The van der Waals surface area contributed by atoms with Crippen LogP contribution >= 0.6 is 18.7 Å². The Morgan fingerprint density at radius 2 is 1.73 bits per heavy atom. The van der Waals surface area contributed by atoms with E-state index in [0.717, 1.165) is 113 Å². The van der Waals surface area contributed by atoms with Gasteiger partial charge in [-0.2, -0.15) is 4.98 Å². The van der Waals surface area contributed by atoms with E-state index in [4.69, 9.17) is 16.3 Å². The number of aromatic nitrogens is 2. The van der Waals surface area contributed by atoms with Crippen LogP contribution in [0.3, 0.4) is 0 Å². The van der Waals surface area contributed by atoms with Gasteiger partial charge in [-0.05, 0) is 95.3 Å². The summed E-state index contributed by atoms with van der Waals surface area (Å²) >= 11 is 6.49. The third-order valence-electron chi connectivity index (χ3n) is 13.0. The Kier molecular flexibility index (Phi) is 14.1. The van der Waals surface area contributed by atoms with Gasteiger partial charge in [0.1, 0.15) is 23.6 Å². The number of anilines is 5. The summed E-state index contributed by atoms with van der Waals surface area (Å²) in [6.45, 7) is 12.4. The molecule has 0 radical (unpaired) electrons. The van der Waals surface area contributed by atoms with Gasteiger partial charge in [0.05, 0.1) is 35.3 Å². The monoisotopic (exact) mass is 915 g/mol. The van der Waals surface area contributed by atoms with Gasteiger partial charge in [-0.1, -0.05) is 35.9 Å². The van der Waals surface area contributed by atoms with E-state index in [1.54, 1.807) is 32.6 Å². The molecule has 3 aromatic carbocycles. The van der Waals surface area contributed by atoms with Crippen molar-refractivity contribution in [2.24, 2.45) is 0 Å². The van der Waals surface area contributed by atoms with Gasteiger partial charge in [-0.3, -0.25) is 4.90 Å². The van der Waals surface area contributed by atoms with Crippen LogP contribution in [-0.4, -0.2) is 136 Å². The minimum Gasteiger partial charge on any atom is -0.494 e. The van der Waals surface area contributed by atoms with Gasteiger partial charge in [0.15, 0.2) is 21.6 Å². The van der Waals surface area contributed by atoms with Crippen molar-refractivity contribution in [3.8, 4) is 5.75 Å². The van der Waals surface area contributed by atoms with Gasteiger partial charge in [0, 0.05) is 92.6 Å². The van der Waals surface area contributed by atoms with E-state index in [9.17, 15) is 17.8 Å². The average Bonchev–Trinajstić information content (AvgIpc) is 3.68. The van der Waals surface area contributed by atoms with E-state index in [2.05, 4.69) is 63.6 Å². The number of halogens is 1. The Hall–Kier alpha value is -4.46. The van der Waals surface area contributed by atoms with E-state index in [0.29, 0.717) is 63.4 Å². The summed E-state index contributed by atoms with van der Waals surface area (Å²) in [5, 5.41) is 11.0. The van der Waals surface area contributed by atoms with Crippen molar-refractivity contribution in [2.45, 2.75) is 62.0 Å². The number of hydrogen-bond donors (Lipinski definition) is 3. The van der Waals surface area contributed by atoms with Crippen LogP contribution in [0.15, 0.2) is 71.8 Å². The van der Waals surface area contributed by atoms with Crippen LogP contribution in [0.25, 0.3) is 5.70 Å². The number of nitrogens with zero attached hydrogens (tertiary/aromatic N) is 6. The molecule has 1 unspecified atom stereocenters. The normalized spacial score (nSPS) is 19.2. The van der Waals surface area contributed by atoms with E-state index < -0.39 is 17.0 Å². The molecule has 1 aromatic heterocycles. The third kappa shape index (κ3) is 10.4. The number of sulfone groups is 1. The maximum absolute atomic E-state index is 13.7. The molecule has 0 aliphatic carbocycles. The van der Waals surface area contributed by atoms with Crippen molar-refractivity contribution in [1.82, 2.24) is 30.0 Å². The topological polar surface area (TPSA) is 152 Å². The molecule has 14 nitrogen and oxygen atoms in total. The lowest BCUT2D eigenvalue weighted by Crippen LogP contribution is -2.53. The standard InChI is InChI=1S/C46H59ClN9O5PS/c1-61-42-28-34(15-16-39(42)51-46-49-30-38(47)45(52-46)50-40-12-4-5-13-43(40)62(2,3)58)54-21-17-33(18-22-54)55-25-23-53(24-26-55)20-6-7-27-63(59,60)44-14-8-11-36-37(44)31-56(41(36)32-57)35-10-9-19-48-29-35/h4-5,8,11-16,28,30,33,35,48H,6-7,9-10,17-27,29,31H2,1-3H3,(H2,49,50,51,52). The Morgan fingerprint density at radius 3 is 2.46 bits per heavy atom. The zero-order chi connectivity index (χ0) is 44.1. The van der Waals surface area contributed by atoms with Crippen LogP contribution in [-0.2, 0) is 25.7 Å². The van der Waals surface area contributed by atoms with E-state index >= 15 is 0 Å². The van der Waals surface area contributed by atoms with Gasteiger partial charge in [-0.15, -0.1) is 0 Å². The van der Waals surface area contributed by atoms with Crippen molar-refractivity contribution >= 4 is 74.4 Å². The van der Waals surface area contributed by atoms with Crippen LogP contribution in [0, 0.1) is 0 Å². The lowest BCUT2D eigenvalue weighted by molar-refractivity contribution is 0.0842. The lowest BCUT2D eigenvalue weighted by atomic mass is 10.0. The number of ether oxygens (including phenoxy) is 1. The van der Waals surface area contributed by atoms with Crippen molar-refractivity contribution < 1.29 is 22.5 Å². The van der Waals surface area contributed by atoms with Gasteiger partial charge in [0.2, 0.25) is 5.95 Å². The zero-order valence-electron chi connectivity index (χ0n) is 36.5. The summed E-state index contributed by atoms with van der Waals surface area (Å²) in [5.41, 5.74) is 4.45. The maximum Gasteiger partial charge on any atom is 0.229 e. The summed E-state index contributed by atoms with van der Waals surface area (Å²) in [6.07, 6.45) is 7.12. The van der Waals surface area contributed by atoms with Crippen LogP contribution < -0.4 is 30.9 Å². The molecule has 0 saturated carbocycles. The summed E-state index contributed by atoms with van der Waals surface area (Å²) in [4.78, 5) is 31.0. The first kappa shape index (κ1) is 45.1. The molecule has 3 N–H and O–H groups in total. The molecule has 17 heteroatoms. The number of para-hydroxylation sites is 1. The molecule has 5 heterocycles. The molecule has 63 heavy (non-hydrogen) atoms. The summed E-state index contributed by atoms with van der Waals surface area (Å²) < 4.78 is 46.1. The smallest absolute Gasteiger partial charge is 0.229 e. The average molecular weight is 917 g/mol. The van der Waals surface area contributed by atoms with E-state index in [1.807, 2.05) is 36.4 Å². The first-order valence-electron chi connectivity index (χ1n) is 22.1. The third-order valence-corrected chi connectivity index (χ3v) is 16.7. The number of nitrogens with one attached hydrogen (secondary N) is 3. The second-order valence-electron chi connectivity index (χ2n) is 17.4. The molecule has 336 valence electrons. The number of fused-ring (bicyclic) bond motifs is 1. The largest absolute Gasteiger partial charge is 0.494 e. The lowest BCUT2D eigenvalue weighted by Gasteiger charge is -2.43. The number of carbonyl (C=O) groups excluding carboxylic acids is 1. The minimum absolute atomic E-state index is 0.105. The highest BCUT2D eigenvalue weighted by atomic mass is 35.5. The van der Waals surface area contributed by atoms with Crippen molar-refractivity contribution in [1.29, 1.82) is 0 Å².